The number of amides is 1. The standard InChI is InChI=1S/C21H25F3N4O2/c1-26-9-7-16(13-26)25-20(30)18-8-10-28(19(18)14-29)12-11-27(2)17-5-3-15(4-6-17)21(22,23)24/h3-6,8,10,14,16H,7,9,11-13H2,1-2H3,(H,25,30). The van der Waals surface area contributed by atoms with Gasteiger partial charge in [-0.15, -0.1) is 0 Å². The number of likely N-dealkylation sites (N-methyl/N-ethyl adjacent to an activating group) is 2. The van der Waals surface area contributed by atoms with Crippen LogP contribution in [0.2, 0.25) is 0 Å². The molecule has 1 unspecified atom stereocenters. The van der Waals surface area contributed by atoms with Crippen molar-refractivity contribution in [2.45, 2.75) is 25.2 Å². The quantitative estimate of drug-likeness (QED) is 0.698. The lowest BCUT2D eigenvalue weighted by atomic mass is 10.2. The van der Waals surface area contributed by atoms with Crippen molar-refractivity contribution >= 4 is 17.9 Å². The first-order valence-corrected chi connectivity index (χ1v) is 9.71. The molecule has 3 rings (SSSR count). The van der Waals surface area contributed by atoms with Gasteiger partial charge in [0.2, 0.25) is 0 Å². The number of carbonyl (C=O) groups excluding carboxylic acids is 2. The lowest BCUT2D eigenvalue weighted by molar-refractivity contribution is -0.137. The van der Waals surface area contributed by atoms with Crippen molar-refractivity contribution < 1.29 is 22.8 Å². The summed E-state index contributed by atoms with van der Waals surface area (Å²) >= 11 is 0. The fraction of sp³-hybridized carbons (Fsp3) is 0.429. The second kappa shape index (κ2) is 8.91. The molecule has 2 heterocycles. The molecule has 1 saturated heterocycles. The predicted molar refractivity (Wildman–Crippen MR) is 108 cm³/mol. The van der Waals surface area contributed by atoms with E-state index in [9.17, 15) is 22.8 Å². The summed E-state index contributed by atoms with van der Waals surface area (Å²) in [7, 11) is 3.75. The molecule has 0 bridgehead atoms. The van der Waals surface area contributed by atoms with Gasteiger partial charge in [0.05, 0.1) is 16.8 Å². The molecule has 9 heteroatoms. The van der Waals surface area contributed by atoms with Crippen LogP contribution in [-0.4, -0.2) is 61.4 Å². The Kier molecular flexibility index (Phi) is 6.50. The number of anilines is 1. The zero-order valence-electron chi connectivity index (χ0n) is 16.9. The molecule has 2 aromatic rings. The summed E-state index contributed by atoms with van der Waals surface area (Å²) in [6, 6.07) is 6.60. The molecule has 162 valence electrons. The summed E-state index contributed by atoms with van der Waals surface area (Å²) in [6.07, 6.45) is -1.16. The zero-order chi connectivity index (χ0) is 21.9. The van der Waals surface area contributed by atoms with Crippen LogP contribution < -0.4 is 10.2 Å². The number of likely N-dealkylation sites (tertiary alicyclic amines) is 1. The normalized spacial score (nSPS) is 17.2. The summed E-state index contributed by atoms with van der Waals surface area (Å²) < 4.78 is 39.8. The van der Waals surface area contributed by atoms with E-state index < -0.39 is 11.7 Å². The Morgan fingerprint density at radius 1 is 1.27 bits per heavy atom. The number of hydrogen-bond donors (Lipinski definition) is 1. The number of nitrogens with zero attached hydrogens (tertiary/aromatic N) is 3. The first kappa shape index (κ1) is 21.9. The topological polar surface area (TPSA) is 57.6 Å². The van der Waals surface area contributed by atoms with Crippen LogP contribution in [0.15, 0.2) is 36.5 Å². The monoisotopic (exact) mass is 422 g/mol. The van der Waals surface area contributed by atoms with Gasteiger partial charge >= 0.3 is 6.18 Å². The smallest absolute Gasteiger partial charge is 0.373 e. The van der Waals surface area contributed by atoms with Gasteiger partial charge in [-0.25, -0.2) is 0 Å². The molecule has 0 saturated carbocycles. The van der Waals surface area contributed by atoms with Crippen LogP contribution in [0.3, 0.4) is 0 Å². The summed E-state index contributed by atoms with van der Waals surface area (Å²) in [5.41, 5.74) is 0.556. The number of nitrogens with one attached hydrogen (secondary N) is 1. The Hall–Kier alpha value is -2.81. The molecule has 1 aliphatic rings. The van der Waals surface area contributed by atoms with Crippen LogP contribution >= 0.6 is 0 Å². The third kappa shape index (κ3) is 5.02. The van der Waals surface area contributed by atoms with E-state index in [0.29, 0.717) is 36.3 Å². The Balaban J connectivity index is 1.62. The minimum Gasteiger partial charge on any atom is -0.373 e. The summed E-state index contributed by atoms with van der Waals surface area (Å²) in [5, 5.41) is 2.97. The molecule has 6 nitrogen and oxygen atoms in total. The number of aldehydes is 1. The summed E-state index contributed by atoms with van der Waals surface area (Å²) in [6.45, 7) is 2.56. The SMILES string of the molecule is CN1CCC(NC(=O)c2ccn(CCN(C)c3ccc(C(F)(F)F)cc3)c2C=O)C1. The largest absolute Gasteiger partial charge is 0.416 e. The van der Waals surface area contributed by atoms with Gasteiger partial charge < -0.3 is 19.7 Å². The highest BCUT2D eigenvalue weighted by molar-refractivity contribution is 6.01. The van der Waals surface area contributed by atoms with Crippen molar-refractivity contribution in [1.29, 1.82) is 0 Å². The number of rotatable bonds is 7. The minimum absolute atomic E-state index is 0.0659. The number of carbonyl (C=O) groups is 2. The zero-order valence-corrected chi connectivity index (χ0v) is 16.9. The molecule has 1 amide bonds. The molecule has 1 fully saturated rings. The Morgan fingerprint density at radius 2 is 1.97 bits per heavy atom. The van der Waals surface area contributed by atoms with Gasteiger partial charge in [-0.05, 0) is 50.3 Å². The molecule has 1 atom stereocenters. The van der Waals surface area contributed by atoms with Crippen LogP contribution in [0.5, 0.6) is 0 Å². The van der Waals surface area contributed by atoms with E-state index in [1.54, 1.807) is 28.8 Å². The molecule has 1 aromatic carbocycles. The van der Waals surface area contributed by atoms with Gasteiger partial charge in [-0.1, -0.05) is 0 Å². The van der Waals surface area contributed by atoms with Crippen LogP contribution in [0, 0.1) is 0 Å². The van der Waals surface area contributed by atoms with Crippen molar-refractivity contribution in [1.82, 2.24) is 14.8 Å². The molecule has 0 aliphatic carbocycles. The third-order valence-electron chi connectivity index (χ3n) is 5.40. The summed E-state index contributed by atoms with van der Waals surface area (Å²) in [5.74, 6) is -0.271. The van der Waals surface area contributed by atoms with Gasteiger partial charge in [-0.2, -0.15) is 13.2 Å². The average molecular weight is 422 g/mol. The van der Waals surface area contributed by atoms with E-state index in [4.69, 9.17) is 0 Å². The van der Waals surface area contributed by atoms with E-state index in [1.165, 1.54) is 12.1 Å². The maximum absolute atomic E-state index is 12.7. The average Bonchev–Trinajstić information content (AvgIpc) is 3.30. The fourth-order valence-electron chi connectivity index (χ4n) is 3.61. The second-order valence-corrected chi connectivity index (χ2v) is 7.61. The van der Waals surface area contributed by atoms with Crippen LogP contribution in [0.1, 0.15) is 32.8 Å². The number of aromatic nitrogens is 1. The highest BCUT2D eigenvalue weighted by Gasteiger charge is 2.30. The van der Waals surface area contributed by atoms with E-state index in [0.717, 1.165) is 31.6 Å². The first-order chi connectivity index (χ1) is 14.2. The second-order valence-electron chi connectivity index (χ2n) is 7.61. The van der Waals surface area contributed by atoms with Crippen molar-refractivity contribution in [2.24, 2.45) is 0 Å². The van der Waals surface area contributed by atoms with Crippen molar-refractivity contribution in [3.63, 3.8) is 0 Å². The van der Waals surface area contributed by atoms with E-state index in [1.807, 2.05) is 7.05 Å². The van der Waals surface area contributed by atoms with Crippen molar-refractivity contribution in [2.75, 3.05) is 38.6 Å². The highest BCUT2D eigenvalue weighted by Crippen LogP contribution is 2.30. The van der Waals surface area contributed by atoms with E-state index in [-0.39, 0.29) is 11.9 Å². The molecule has 0 spiro atoms. The van der Waals surface area contributed by atoms with Crippen LogP contribution in [0.25, 0.3) is 0 Å². The van der Waals surface area contributed by atoms with Gasteiger partial charge in [0, 0.05) is 44.6 Å². The predicted octanol–water partition coefficient (Wildman–Crippen LogP) is 2.89. The van der Waals surface area contributed by atoms with E-state index in [2.05, 4.69) is 10.2 Å². The number of halogens is 3. The molecular formula is C21H25F3N4O2. The molecular weight excluding hydrogens is 397 g/mol. The number of benzene rings is 1. The van der Waals surface area contributed by atoms with E-state index >= 15 is 0 Å². The van der Waals surface area contributed by atoms with Gasteiger partial charge in [0.25, 0.3) is 5.91 Å². The van der Waals surface area contributed by atoms with Gasteiger partial charge in [0.15, 0.2) is 6.29 Å². The molecule has 1 N–H and O–H groups in total. The lowest BCUT2D eigenvalue weighted by Crippen LogP contribution is -2.36. The molecule has 1 aliphatic heterocycles. The fourth-order valence-corrected chi connectivity index (χ4v) is 3.61. The maximum Gasteiger partial charge on any atom is 0.416 e. The molecule has 30 heavy (non-hydrogen) atoms. The van der Waals surface area contributed by atoms with Crippen molar-refractivity contribution in [3.05, 3.63) is 53.3 Å². The maximum atomic E-state index is 12.7. The lowest BCUT2D eigenvalue weighted by Gasteiger charge is -2.21. The summed E-state index contributed by atoms with van der Waals surface area (Å²) in [4.78, 5) is 28.1. The number of hydrogen-bond acceptors (Lipinski definition) is 4. The third-order valence-corrected chi connectivity index (χ3v) is 5.40. The highest BCUT2D eigenvalue weighted by atomic mass is 19.4. The minimum atomic E-state index is -4.37. The Morgan fingerprint density at radius 3 is 2.53 bits per heavy atom. The Bertz CT molecular complexity index is 893. The Labute approximate surface area is 173 Å². The first-order valence-electron chi connectivity index (χ1n) is 9.71. The molecule has 1 aromatic heterocycles. The number of alkyl halides is 3. The molecule has 0 radical (unpaired) electrons. The van der Waals surface area contributed by atoms with Gasteiger partial charge in [-0.3, -0.25) is 9.59 Å². The van der Waals surface area contributed by atoms with Crippen LogP contribution in [-0.2, 0) is 12.7 Å². The van der Waals surface area contributed by atoms with Crippen LogP contribution in [0.4, 0.5) is 18.9 Å². The van der Waals surface area contributed by atoms with Gasteiger partial charge in [0.1, 0.15) is 0 Å². The van der Waals surface area contributed by atoms with Crippen molar-refractivity contribution in [3.8, 4) is 0 Å².